The van der Waals surface area contributed by atoms with Crippen molar-refractivity contribution in [2.45, 2.75) is 6.92 Å². The molecule has 0 aromatic heterocycles. The second kappa shape index (κ2) is 7.31. The monoisotopic (exact) mass is 298 g/mol. The Hall–Kier alpha value is -2.75. The molecule has 2 rings (SSSR count). The summed E-state index contributed by atoms with van der Waals surface area (Å²) in [6.07, 6.45) is 3.12. The lowest BCUT2D eigenvalue weighted by molar-refractivity contribution is 0.104. The van der Waals surface area contributed by atoms with E-state index in [0.29, 0.717) is 12.4 Å². The van der Waals surface area contributed by atoms with Crippen LogP contribution in [-0.2, 0) is 0 Å². The van der Waals surface area contributed by atoms with Crippen LogP contribution in [0.15, 0.2) is 48.5 Å². The number of benzene rings is 2. The number of hydrogen-bond acceptors (Lipinski definition) is 4. The molecule has 0 aliphatic carbocycles. The molecular weight excluding hydrogens is 280 g/mol. The standard InChI is InChI=1S/C18H18O4/c1-3-22-14-7-4-13(5-8-14)6-11-17(19)16-10-9-15(21-2)12-18(16)20/h4-12,20H,3H2,1-2H3. The maximum absolute atomic E-state index is 12.1. The van der Waals surface area contributed by atoms with Gasteiger partial charge in [-0.05, 0) is 42.8 Å². The summed E-state index contributed by atoms with van der Waals surface area (Å²) in [4.78, 5) is 12.1. The van der Waals surface area contributed by atoms with Crippen LogP contribution in [0.3, 0.4) is 0 Å². The summed E-state index contributed by atoms with van der Waals surface area (Å²) in [7, 11) is 1.50. The van der Waals surface area contributed by atoms with Crippen LogP contribution >= 0.6 is 0 Å². The van der Waals surface area contributed by atoms with Gasteiger partial charge < -0.3 is 14.6 Å². The van der Waals surface area contributed by atoms with Crippen LogP contribution in [0.25, 0.3) is 6.08 Å². The second-order valence-corrected chi connectivity index (χ2v) is 4.58. The van der Waals surface area contributed by atoms with E-state index in [9.17, 15) is 9.90 Å². The number of allylic oxidation sites excluding steroid dienone is 1. The van der Waals surface area contributed by atoms with Crippen LogP contribution < -0.4 is 9.47 Å². The number of ether oxygens (including phenoxy) is 2. The third-order valence-corrected chi connectivity index (χ3v) is 3.09. The highest BCUT2D eigenvalue weighted by atomic mass is 16.5. The van der Waals surface area contributed by atoms with Gasteiger partial charge in [0, 0.05) is 6.07 Å². The first kappa shape index (κ1) is 15.6. The smallest absolute Gasteiger partial charge is 0.189 e. The molecule has 114 valence electrons. The molecule has 0 amide bonds. The van der Waals surface area contributed by atoms with Crippen LogP contribution in [-0.4, -0.2) is 24.6 Å². The van der Waals surface area contributed by atoms with E-state index in [2.05, 4.69) is 0 Å². The maximum atomic E-state index is 12.1. The van der Waals surface area contributed by atoms with Crippen molar-refractivity contribution in [2.75, 3.05) is 13.7 Å². The van der Waals surface area contributed by atoms with Crippen LogP contribution in [0.5, 0.6) is 17.2 Å². The Morgan fingerprint density at radius 3 is 2.41 bits per heavy atom. The van der Waals surface area contributed by atoms with Crippen molar-refractivity contribution in [3.05, 3.63) is 59.7 Å². The highest BCUT2D eigenvalue weighted by molar-refractivity contribution is 6.08. The van der Waals surface area contributed by atoms with E-state index in [1.54, 1.807) is 18.2 Å². The number of ketones is 1. The fourth-order valence-corrected chi connectivity index (χ4v) is 1.95. The summed E-state index contributed by atoms with van der Waals surface area (Å²) in [5.41, 5.74) is 1.12. The first-order valence-corrected chi connectivity index (χ1v) is 6.96. The molecule has 0 heterocycles. The first-order valence-electron chi connectivity index (χ1n) is 6.96. The number of carbonyl (C=O) groups excluding carboxylic acids is 1. The Morgan fingerprint density at radius 2 is 1.82 bits per heavy atom. The minimum Gasteiger partial charge on any atom is -0.507 e. The van der Waals surface area contributed by atoms with Crippen molar-refractivity contribution >= 4 is 11.9 Å². The van der Waals surface area contributed by atoms with Gasteiger partial charge in [0.2, 0.25) is 0 Å². The molecule has 0 aliphatic heterocycles. The summed E-state index contributed by atoms with van der Waals surface area (Å²) in [5.74, 6) is 0.929. The van der Waals surface area contributed by atoms with E-state index >= 15 is 0 Å². The normalized spacial score (nSPS) is 10.6. The minimum atomic E-state index is -0.269. The van der Waals surface area contributed by atoms with Crippen molar-refractivity contribution in [3.63, 3.8) is 0 Å². The summed E-state index contributed by atoms with van der Waals surface area (Å²) >= 11 is 0. The fraction of sp³-hybridized carbons (Fsp3) is 0.167. The third-order valence-electron chi connectivity index (χ3n) is 3.09. The molecule has 1 N–H and O–H groups in total. The Balaban J connectivity index is 2.10. The van der Waals surface area contributed by atoms with E-state index in [0.717, 1.165) is 11.3 Å². The zero-order valence-corrected chi connectivity index (χ0v) is 12.6. The quantitative estimate of drug-likeness (QED) is 0.652. The summed E-state index contributed by atoms with van der Waals surface area (Å²) < 4.78 is 10.3. The van der Waals surface area contributed by atoms with Crippen LogP contribution in [0.1, 0.15) is 22.8 Å². The predicted molar refractivity (Wildman–Crippen MR) is 85.6 cm³/mol. The number of rotatable bonds is 6. The third kappa shape index (κ3) is 3.88. The van der Waals surface area contributed by atoms with Crippen molar-refractivity contribution in [1.29, 1.82) is 0 Å². The number of phenolic OH excluding ortho intramolecular Hbond substituents is 1. The van der Waals surface area contributed by atoms with Gasteiger partial charge >= 0.3 is 0 Å². The fourth-order valence-electron chi connectivity index (χ4n) is 1.95. The Kier molecular flexibility index (Phi) is 5.20. The highest BCUT2D eigenvalue weighted by Gasteiger charge is 2.09. The summed E-state index contributed by atoms with van der Waals surface area (Å²) in [6.45, 7) is 2.54. The molecule has 4 heteroatoms. The highest BCUT2D eigenvalue weighted by Crippen LogP contribution is 2.24. The Morgan fingerprint density at radius 1 is 1.14 bits per heavy atom. The van der Waals surface area contributed by atoms with Crippen LogP contribution in [0, 0.1) is 0 Å². The average Bonchev–Trinajstić information content (AvgIpc) is 2.54. The van der Waals surface area contributed by atoms with Gasteiger partial charge in [0.05, 0.1) is 19.3 Å². The molecular formula is C18H18O4. The summed E-state index contributed by atoms with van der Waals surface area (Å²) in [5, 5.41) is 9.83. The molecule has 0 spiro atoms. The molecule has 0 aliphatic rings. The largest absolute Gasteiger partial charge is 0.507 e. The number of methoxy groups -OCH3 is 1. The number of hydrogen-bond donors (Lipinski definition) is 1. The lowest BCUT2D eigenvalue weighted by Gasteiger charge is -2.04. The average molecular weight is 298 g/mol. The van der Waals surface area contributed by atoms with Gasteiger partial charge in [-0.25, -0.2) is 0 Å². The molecule has 4 nitrogen and oxygen atoms in total. The van der Waals surface area contributed by atoms with E-state index < -0.39 is 0 Å². The molecule has 2 aromatic rings. The van der Waals surface area contributed by atoms with Crippen molar-refractivity contribution < 1.29 is 19.4 Å². The molecule has 0 atom stereocenters. The summed E-state index contributed by atoms with van der Waals surface area (Å²) in [6, 6.07) is 12.0. The molecule has 2 aromatic carbocycles. The molecule has 0 radical (unpaired) electrons. The lowest BCUT2D eigenvalue weighted by Crippen LogP contribution is -1.95. The van der Waals surface area contributed by atoms with Gasteiger partial charge in [-0.15, -0.1) is 0 Å². The van der Waals surface area contributed by atoms with Gasteiger partial charge in [0.25, 0.3) is 0 Å². The molecule has 0 unspecified atom stereocenters. The zero-order chi connectivity index (χ0) is 15.9. The molecule has 22 heavy (non-hydrogen) atoms. The lowest BCUT2D eigenvalue weighted by atomic mass is 10.1. The first-order chi connectivity index (χ1) is 10.6. The SMILES string of the molecule is CCOc1ccc(C=CC(=O)c2ccc(OC)cc2O)cc1. The zero-order valence-electron chi connectivity index (χ0n) is 12.6. The molecule has 0 fully saturated rings. The molecule has 0 saturated carbocycles. The Labute approximate surface area is 129 Å². The molecule has 0 saturated heterocycles. The van der Waals surface area contributed by atoms with E-state index in [1.165, 1.54) is 19.3 Å². The number of aromatic hydroxyl groups is 1. The topological polar surface area (TPSA) is 55.8 Å². The van der Waals surface area contributed by atoms with Crippen molar-refractivity contribution in [2.24, 2.45) is 0 Å². The van der Waals surface area contributed by atoms with Gasteiger partial charge in [0.15, 0.2) is 5.78 Å². The molecule has 0 bridgehead atoms. The maximum Gasteiger partial charge on any atom is 0.189 e. The van der Waals surface area contributed by atoms with E-state index in [-0.39, 0.29) is 17.1 Å². The van der Waals surface area contributed by atoms with Crippen LogP contribution in [0.4, 0.5) is 0 Å². The van der Waals surface area contributed by atoms with E-state index in [4.69, 9.17) is 9.47 Å². The Bertz CT molecular complexity index is 672. The van der Waals surface area contributed by atoms with Gasteiger partial charge in [-0.1, -0.05) is 18.2 Å². The van der Waals surface area contributed by atoms with Gasteiger partial charge in [-0.3, -0.25) is 4.79 Å². The minimum absolute atomic E-state index is 0.0966. The predicted octanol–water partition coefficient (Wildman–Crippen LogP) is 3.70. The van der Waals surface area contributed by atoms with E-state index in [1.807, 2.05) is 31.2 Å². The van der Waals surface area contributed by atoms with Gasteiger partial charge in [-0.2, -0.15) is 0 Å². The number of carbonyl (C=O) groups is 1. The van der Waals surface area contributed by atoms with Crippen LogP contribution in [0.2, 0.25) is 0 Å². The van der Waals surface area contributed by atoms with Crippen molar-refractivity contribution in [3.8, 4) is 17.2 Å². The van der Waals surface area contributed by atoms with Crippen molar-refractivity contribution in [1.82, 2.24) is 0 Å². The second-order valence-electron chi connectivity index (χ2n) is 4.58. The number of phenols is 1. The van der Waals surface area contributed by atoms with Gasteiger partial charge in [0.1, 0.15) is 17.2 Å².